The van der Waals surface area contributed by atoms with Crippen LogP contribution in [0.3, 0.4) is 0 Å². The van der Waals surface area contributed by atoms with Crippen LogP contribution in [-0.2, 0) is 6.42 Å². The average molecular weight is 425 g/mol. The third kappa shape index (κ3) is 3.73. The van der Waals surface area contributed by atoms with Crippen molar-refractivity contribution in [2.45, 2.75) is 51.4 Å². The fraction of sp³-hybridized carbons (Fsp3) is 0.375. The molecule has 0 spiro atoms. The number of fused-ring (bicyclic) bond motifs is 1. The van der Waals surface area contributed by atoms with Gasteiger partial charge in [0.1, 0.15) is 5.69 Å². The number of aromatic nitrogens is 2. The van der Waals surface area contributed by atoms with E-state index in [4.69, 9.17) is 5.73 Å². The van der Waals surface area contributed by atoms with E-state index in [9.17, 15) is 18.4 Å². The van der Waals surface area contributed by atoms with Crippen molar-refractivity contribution in [1.82, 2.24) is 9.97 Å². The molecule has 2 aromatic heterocycles. The Morgan fingerprint density at radius 1 is 1.23 bits per heavy atom. The van der Waals surface area contributed by atoms with Crippen LogP contribution in [0.25, 0.3) is 10.9 Å². The summed E-state index contributed by atoms with van der Waals surface area (Å²) >= 11 is 0. The Labute approximate surface area is 178 Å². The Kier molecular flexibility index (Phi) is 5.60. The SMILES string of the molecule is CCc1c(C2C[C@H](C)CC[C@@H]2c2cc(=O)c3c(C(N)=O)nccc3[nH]2)ccc(F)c1F. The number of halogens is 2. The lowest BCUT2D eigenvalue weighted by molar-refractivity contribution is 0.0997. The number of H-pyrrole nitrogens is 1. The van der Waals surface area contributed by atoms with Gasteiger partial charge in [0, 0.05) is 23.9 Å². The zero-order valence-corrected chi connectivity index (χ0v) is 17.5. The Bertz CT molecular complexity index is 1220. The molecule has 162 valence electrons. The number of amides is 1. The summed E-state index contributed by atoms with van der Waals surface area (Å²) in [5.41, 5.74) is 7.40. The van der Waals surface area contributed by atoms with Crippen molar-refractivity contribution in [3.63, 3.8) is 0 Å². The maximum atomic E-state index is 14.6. The Hall–Kier alpha value is -3.09. The predicted molar refractivity (Wildman–Crippen MR) is 115 cm³/mol. The van der Waals surface area contributed by atoms with Gasteiger partial charge in [-0.3, -0.25) is 14.6 Å². The first-order chi connectivity index (χ1) is 14.8. The number of nitrogens with two attached hydrogens (primary N) is 1. The molecule has 1 aromatic carbocycles. The molecular weight excluding hydrogens is 400 g/mol. The molecule has 1 aliphatic carbocycles. The monoisotopic (exact) mass is 425 g/mol. The number of nitrogens with zero attached hydrogens (tertiary/aromatic N) is 1. The van der Waals surface area contributed by atoms with Gasteiger partial charge in [-0.15, -0.1) is 0 Å². The third-order valence-electron chi connectivity index (χ3n) is 6.49. The highest BCUT2D eigenvalue weighted by molar-refractivity contribution is 6.03. The first kappa shape index (κ1) is 21.2. The number of nitrogens with one attached hydrogen (secondary N) is 1. The first-order valence-corrected chi connectivity index (χ1v) is 10.6. The first-order valence-electron chi connectivity index (χ1n) is 10.6. The van der Waals surface area contributed by atoms with Gasteiger partial charge in [-0.2, -0.15) is 0 Å². The number of aromatic amines is 1. The van der Waals surface area contributed by atoms with Crippen LogP contribution in [0.4, 0.5) is 8.78 Å². The molecule has 7 heteroatoms. The molecule has 3 aromatic rings. The Balaban J connectivity index is 1.87. The summed E-state index contributed by atoms with van der Waals surface area (Å²) in [5, 5.41) is 0.168. The molecule has 1 unspecified atom stereocenters. The fourth-order valence-electron chi connectivity index (χ4n) is 5.02. The minimum absolute atomic E-state index is 0.0562. The second-order valence-corrected chi connectivity index (χ2v) is 8.45. The number of pyridine rings is 2. The smallest absolute Gasteiger partial charge is 0.268 e. The van der Waals surface area contributed by atoms with E-state index in [0.29, 0.717) is 23.4 Å². The van der Waals surface area contributed by atoms with Gasteiger partial charge in [-0.05, 0) is 54.4 Å². The van der Waals surface area contributed by atoms with Crippen molar-refractivity contribution >= 4 is 16.8 Å². The molecule has 1 fully saturated rings. The molecule has 3 atom stereocenters. The normalized spacial score (nSPS) is 21.4. The largest absolute Gasteiger partial charge is 0.364 e. The molecule has 0 radical (unpaired) electrons. The number of hydrogen-bond acceptors (Lipinski definition) is 3. The van der Waals surface area contributed by atoms with Crippen molar-refractivity contribution in [1.29, 1.82) is 0 Å². The van der Waals surface area contributed by atoms with Gasteiger partial charge in [-0.1, -0.05) is 26.3 Å². The zero-order chi connectivity index (χ0) is 22.3. The van der Waals surface area contributed by atoms with Crippen molar-refractivity contribution in [3.8, 4) is 0 Å². The van der Waals surface area contributed by atoms with E-state index >= 15 is 0 Å². The summed E-state index contributed by atoms with van der Waals surface area (Å²) < 4.78 is 28.4. The number of primary amides is 1. The average Bonchev–Trinajstić information content (AvgIpc) is 2.74. The van der Waals surface area contributed by atoms with Gasteiger partial charge in [0.05, 0.1) is 10.9 Å². The van der Waals surface area contributed by atoms with Gasteiger partial charge in [0.2, 0.25) is 0 Å². The zero-order valence-electron chi connectivity index (χ0n) is 17.5. The molecule has 0 saturated heterocycles. The highest BCUT2D eigenvalue weighted by Gasteiger charge is 2.34. The van der Waals surface area contributed by atoms with Gasteiger partial charge in [-0.25, -0.2) is 8.78 Å². The lowest BCUT2D eigenvalue weighted by Gasteiger charge is -2.36. The van der Waals surface area contributed by atoms with Crippen molar-refractivity contribution in [2.75, 3.05) is 0 Å². The minimum Gasteiger partial charge on any atom is -0.364 e. The lowest BCUT2D eigenvalue weighted by atomic mass is 9.69. The summed E-state index contributed by atoms with van der Waals surface area (Å²) in [7, 11) is 0. The molecule has 0 aliphatic heterocycles. The van der Waals surface area contributed by atoms with Crippen LogP contribution in [0.15, 0.2) is 35.3 Å². The van der Waals surface area contributed by atoms with Crippen LogP contribution in [0.5, 0.6) is 0 Å². The second kappa shape index (κ2) is 8.21. The van der Waals surface area contributed by atoms with E-state index in [2.05, 4.69) is 16.9 Å². The standard InChI is InChI=1S/C24H25F2N3O2/c1-3-13-14(6-7-17(25)22(13)26)16-10-12(2)4-5-15(16)19-11-20(30)21-18(29-19)8-9-28-23(21)24(27)31/h6-9,11-12,15-16H,3-5,10H2,1-2H3,(H2,27,31)(H,29,30)/t12-,15+,16?/m1/s1. The molecule has 31 heavy (non-hydrogen) atoms. The topological polar surface area (TPSA) is 88.8 Å². The van der Waals surface area contributed by atoms with E-state index in [1.165, 1.54) is 18.3 Å². The van der Waals surface area contributed by atoms with E-state index in [1.807, 2.05) is 6.92 Å². The lowest BCUT2D eigenvalue weighted by Crippen LogP contribution is -2.25. The van der Waals surface area contributed by atoms with E-state index in [1.54, 1.807) is 12.1 Å². The number of rotatable bonds is 4. The molecule has 1 saturated carbocycles. The molecule has 0 bridgehead atoms. The van der Waals surface area contributed by atoms with E-state index < -0.39 is 17.5 Å². The molecule has 1 amide bonds. The number of carbonyl (C=O) groups is 1. The van der Waals surface area contributed by atoms with Gasteiger partial charge >= 0.3 is 0 Å². The van der Waals surface area contributed by atoms with Crippen LogP contribution in [0.2, 0.25) is 0 Å². The van der Waals surface area contributed by atoms with Gasteiger partial charge < -0.3 is 10.7 Å². The number of benzene rings is 1. The summed E-state index contributed by atoms with van der Waals surface area (Å²) in [6, 6.07) is 6.01. The van der Waals surface area contributed by atoms with Crippen molar-refractivity contribution in [3.05, 3.63) is 74.8 Å². The predicted octanol–water partition coefficient (Wildman–Crippen LogP) is 4.55. The van der Waals surface area contributed by atoms with Crippen molar-refractivity contribution < 1.29 is 13.6 Å². The Morgan fingerprint density at radius 3 is 2.71 bits per heavy atom. The maximum Gasteiger partial charge on any atom is 0.268 e. The summed E-state index contributed by atoms with van der Waals surface area (Å²) in [6.07, 6.45) is 4.41. The minimum atomic E-state index is -0.841. The molecule has 4 rings (SSSR count). The van der Waals surface area contributed by atoms with Crippen LogP contribution in [-0.4, -0.2) is 15.9 Å². The molecule has 1 aliphatic rings. The highest BCUT2D eigenvalue weighted by Crippen LogP contribution is 2.47. The Morgan fingerprint density at radius 2 is 2.00 bits per heavy atom. The highest BCUT2D eigenvalue weighted by atomic mass is 19.2. The van der Waals surface area contributed by atoms with E-state index in [0.717, 1.165) is 30.5 Å². The molecule has 2 heterocycles. The third-order valence-corrected chi connectivity index (χ3v) is 6.49. The van der Waals surface area contributed by atoms with Crippen LogP contribution in [0.1, 0.15) is 72.3 Å². The second-order valence-electron chi connectivity index (χ2n) is 8.45. The number of hydrogen-bond donors (Lipinski definition) is 2. The molecule has 5 nitrogen and oxygen atoms in total. The number of carbonyl (C=O) groups excluding carboxylic acids is 1. The summed E-state index contributed by atoms with van der Waals surface area (Å²) in [6.45, 7) is 3.97. The quantitative estimate of drug-likeness (QED) is 0.643. The molecular formula is C24H25F2N3O2. The van der Waals surface area contributed by atoms with Gasteiger partial charge in [0.15, 0.2) is 17.1 Å². The van der Waals surface area contributed by atoms with Crippen molar-refractivity contribution in [2.24, 2.45) is 11.7 Å². The maximum absolute atomic E-state index is 14.6. The molecule has 3 N–H and O–H groups in total. The van der Waals surface area contributed by atoms with Crippen LogP contribution in [0, 0.1) is 17.6 Å². The van der Waals surface area contributed by atoms with E-state index in [-0.39, 0.29) is 28.3 Å². The fourth-order valence-corrected chi connectivity index (χ4v) is 5.02. The summed E-state index contributed by atoms with van der Waals surface area (Å²) in [4.78, 5) is 31.9. The van der Waals surface area contributed by atoms with Crippen LogP contribution >= 0.6 is 0 Å². The van der Waals surface area contributed by atoms with Crippen LogP contribution < -0.4 is 11.2 Å². The summed E-state index contributed by atoms with van der Waals surface area (Å²) in [5.74, 6) is -2.08. The van der Waals surface area contributed by atoms with Gasteiger partial charge in [0.25, 0.3) is 5.91 Å².